The molecule has 0 spiro atoms. The first-order valence-corrected chi connectivity index (χ1v) is 7.05. The van der Waals surface area contributed by atoms with E-state index in [1.165, 1.54) is 0 Å². The Bertz CT molecular complexity index is 851. The first kappa shape index (κ1) is 12.1. The Morgan fingerprint density at radius 2 is 2.14 bits per heavy atom. The van der Waals surface area contributed by atoms with Crippen LogP contribution in [0.5, 0.6) is 0 Å². The van der Waals surface area contributed by atoms with E-state index in [-0.39, 0.29) is 12.1 Å². The van der Waals surface area contributed by atoms with E-state index in [1.54, 1.807) is 6.20 Å². The van der Waals surface area contributed by atoms with Gasteiger partial charge < -0.3 is 9.72 Å². The molecule has 0 amide bonds. The maximum Gasteiger partial charge on any atom is 0.339 e. The van der Waals surface area contributed by atoms with Gasteiger partial charge in [0.2, 0.25) is 0 Å². The van der Waals surface area contributed by atoms with Gasteiger partial charge in [-0.05, 0) is 35.7 Å². The van der Waals surface area contributed by atoms with Crippen LogP contribution in [0.4, 0.5) is 0 Å². The molecule has 1 atom stereocenters. The van der Waals surface area contributed by atoms with Crippen LogP contribution in [-0.4, -0.2) is 15.9 Å². The van der Waals surface area contributed by atoms with Crippen molar-refractivity contribution in [1.29, 1.82) is 0 Å². The van der Waals surface area contributed by atoms with E-state index in [4.69, 9.17) is 4.74 Å². The number of ether oxygens (including phenoxy) is 1. The lowest BCUT2D eigenvalue weighted by molar-refractivity contribution is 0.0378. The summed E-state index contributed by atoms with van der Waals surface area (Å²) in [5.41, 5.74) is 4.60. The van der Waals surface area contributed by atoms with Crippen molar-refractivity contribution in [3.8, 4) is 11.1 Å². The molecular weight excluding hydrogens is 264 g/mol. The molecular formula is C17H14N2O2. The van der Waals surface area contributed by atoms with Gasteiger partial charge in [-0.2, -0.15) is 0 Å². The molecule has 1 aromatic carbocycles. The minimum Gasteiger partial charge on any atom is -0.454 e. The highest BCUT2D eigenvalue weighted by atomic mass is 16.5. The van der Waals surface area contributed by atoms with Crippen LogP contribution in [0.1, 0.15) is 35.4 Å². The van der Waals surface area contributed by atoms with E-state index >= 15 is 0 Å². The number of esters is 1. The summed E-state index contributed by atoms with van der Waals surface area (Å²) in [4.78, 5) is 19.4. The number of nitrogens with one attached hydrogen (secondary N) is 1. The quantitative estimate of drug-likeness (QED) is 0.724. The van der Waals surface area contributed by atoms with Crippen molar-refractivity contribution < 1.29 is 9.53 Å². The summed E-state index contributed by atoms with van der Waals surface area (Å²) < 4.78 is 5.39. The van der Waals surface area contributed by atoms with Crippen LogP contribution in [0.15, 0.2) is 42.7 Å². The standard InChI is InChI=1S/C17H14N2O2/c1-2-15-12-4-3-10(9-14(12)17(20)21-15)11-5-7-18-16-13(11)6-8-19-16/h3-9,15H,2H2,1H3,(H,18,19). The minimum atomic E-state index is -0.224. The maximum atomic E-state index is 12.0. The van der Waals surface area contributed by atoms with Gasteiger partial charge >= 0.3 is 5.97 Å². The molecule has 1 aliphatic rings. The number of carbonyl (C=O) groups is 1. The fraction of sp³-hybridized carbons (Fsp3) is 0.176. The number of aromatic nitrogens is 2. The third-order valence-electron chi connectivity index (χ3n) is 4.01. The first-order chi connectivity index (χ1) is 10.3. The van der Waals surface area contributed by atoms with Gasteiger partial charge in [0.25, 0.3) is 0 Å². The summed E-state index contributed by atoms with van der Waals surface area (Å²) in [5.74, 6) is -0.224. The third kappa shape index (κ3) is 1.76. The maximum absolute atomic E-state index is 12.0. The molecule has 0 radical (unpaired) electrons. The monoisotopic (exact) mass is 278 g/mol. The number of benzene rings is 1. The lowest BCUT2D eigenvalue weighted by Crippen LogP contribution is -1.96. The van der Waals surface area contributed by atoms with E-state index in [1.807, 2.05) is 43.5 Å². The van der Waals surface area contributed by atoms with E-state index in [0.29, 0.717) is 5.56 Å². The summed E-state index contributed by atoms with van der Waals surface area (Å²) >= 11 is 0. The van der Waals surface area contributed by atoms with E-state index in [9.17, 15) is 4.79 Å². The second-order valence-corrected chi connectivity index (χ2v) is 5.20. The molecule has 3 heterocycles. The number of rotatable bonds is 2. The molecule has 104 valence electrons. The van der Waals surface area contributed by atoms with Crippen LogP contribution in [-0.2, 0) is 4.74 Å². The van der Waals surface area contributed by atoms with Gasteiger partial charge in [-0.1, -0.05) is 19.1 Å². The molecule has 1 aliphatic heterocycles. The van der Waals surface area contributed by atoms with Gasteiger partial charge in [-0.3, -0.25) is 0 Å². The van der Waals surface area contributed by atoms with Crippen molar-refractivity contribution in [3.05, 3.63) is 53.9 Å². The highest BCUT2D eigenvalue weighted by molar-refractivity contribution is 5.98. The third-order valence-corrected chi connectivity index (χ3v) is 4.01. The average Bonchev–Trinajstić information content (AvgIpc) is 3.11. The zero-order chi connectivity index (χ0) is 14.4. The van der Waals surface area contributed by atoms with Crippen LogP contribution >= 0.6 is 0 Å². The Morgan fingerprint density at radius 3 is 3.00 bits per heavy atom. The van der Waals surface area contributed by atoms with Crippen molar-refractivity contribution >= 4 is 17.0 Å². The SMILES string of the molecule is CCC1OC(=O)c2cc(-c3ccnc4[nH]ccc34)ccc21. The number of hydrogen-bond donors (Lipinski definition) is 1. The van der Waals surface area contributed by atoms with Crippen molar-refractivity contribution in [2.24, 2.45) is 0 Å². The van der Waals surface area contributed by atoms with Gasteiger partial charge in [-0.15, -0.1) is 0 Å². The Hall–Kier alpha value is -2.62. The number of cyclic esters (lactones) is 1. The molecule has 1 N–H and O–H groups in total. The highest BCUT2D eigenvalue weighted by Crippen LogP contribution is 2.36. The van der Waals surface area contributed by atoms with Crippen LogP contribution in [0, 0.1) is 0 Å². The molecule has 0 saturated carbocycles. The smallest absolute Gasteiger partial charge is 0.339 e. The van der Waals surface area contributed by atoms with E-state index in [0.717, 1.165) is 34.1 Å². The summed E-state index contributed by atoms with van der Waals surface area (Å²) in [7, 11) is 0. The number of nitrogens with zero attached hydrogens (tertiary/aromatic N) is 1. The fourth-order valence-electron chi connectivity index (χ4n) is 2.95. The van der Waals surface area contributed by atoms with Crippen molar-refractivity contribution in [2.45, 2.75) is 19.4 Å². The average molecular weight is 278 g/mol. The van der Waals surface area contributed by atoms with Crippen molar-refractivity contribution in [3.63, 3.8) is 0 Å². The number of hydrogen-bond acceptors (Lipinski definition) is 3. The van der Waals surface area contributed by atoms with Gasteiger partial charge in [0.05, 0.1) is 5.56 Å². The van der Waals surface area contributed by atoms with Gasteiger partial charge in [0.1, 0.15) is 11.8 Å². The van der Waals surface area contributed by atoms with E-state index < -0.39 is 0 Å². The molecule has 1 unspecified atom stereocenters. The topological polar surface area (TPSA) is 55.0 Å². The van der Waals surface area contributed by atoms with Gasteiger partial charge in [0.15, 0.2) is 0 Å². The normalized spacial score (nSPS) is 17.0. The number of carbonyl (C=O) groups excluding carboxylic acids is 1. The van der Waals surface area contributed by atoms with Crippen molar-refractivity contribution in [1.82, 2.24) is 9.97 Å². The molecule has 0 aliphatic carbocycles. The Morgan fingerprint density at radius 1 is 1.24 bits per heavy atom. The van der Waals surface area contributed by atoms with E-state index in [2.05, 4.69) is 9.97 Å². The van der Waals surface area contributed by atoms with Crippen molar-refractivity contribution in [2.75, 3.05) is 0 Å². The number of aromatic amines is 1. The molecule has 0 fully saturated rings. The molecule has 3 aromatic rings. The summed E-state index contributed by atoms with van der Waals surface area (Å²) in [6.45, 7) is 2.02. The molecule has 2 aromatic heterocycles. The first-order valence-electron chi connectivity index (χ1n) is 7.05. The lowest BCUT2D eigenvalue weighted by Gasteiger charge is -2.08. The largest absolute Gasteiger partial charge is 0.454 e. The molecule has 4 heteroatoms. The molecule has 0 bridgehead atoms. The molecule has 0 saturated heterocycles. The number of H-pyrrole nitrogens is 1. The van der Waals surface area contributed by atoms with Crippen LogP contribution in [0.3, 0.4) is 0 Å². The Kier molecular flexibility index (Phi) is 2.57. The Balaban J connectivity index is 1.90. The second kappa shape index (κ2) is 4.45. The number of pyridine rings is 1. The van der Waals surface area contributed by atoms with Gasteiger partial charge in [-0.25, -0.2) is 9.78 Å². The highest BCUT2D eigenvalue weighted by Gasteiger charge is 2.29. The second-order valence-electron chi connectivity index (χ2n) is 5.20. The molecule has 21 heavy (non-hydrogen) atoms. The predicted molar refractivity (Wildman–Crippen MR) is 80.0 cm³/mol. The van der Waals surface area contributed by atoms with Crippen LogP contribution in [0.2, 0.25) is 0 Å². The Labute approximate surface area is 121 Å². The summed E-state index contributed by atoms with van der Waals surface area (Å²) in [6.07, 6.45) is 4.34. The summed E-state index contributed by atoms with van der Waals surface area (Å²) in [5, 5.41) is 1.05. The fourth-order valence-corrected chi connectivity index (χ4v) is 2.95. The van der Waals surface area contributed by atoms with Gasteiger partial charge in [0, 0.05) is 23.3 Å². The number of fused-ring (bicyclic) bond motifs is 2. The zero-order valence-corrected chi connectivity index (χ0v) is 11.6. The molecule has 4 rings (SSSR count). The minimum absolute atomic E-state index is 0.105. The zero-order valence-electron chi connectivity index (χ0n) is 11.6. The molecule has 4 nitrogen and oxygen atoms in total. The lowest BCUT2D eigenvalue weighted by atomic mass is 9.96. The summed E-state index contributed by atoms with van der Waals surface area (Å²) in [6, 6.07) is 9.94. The predicted octanol–water partition coefficient (Wildman–Crippen LogP) is 3.85. The van der Waals surface area contributed by atoms with Crippen LogP contribution < -0.4 is 0 Å². The van der Waals surface area contributed by atoms with Crippen LogP contribution in [0.25, 0.3) is 22.2 Å².